The second kappa shape index (κ2) is 5.66. The molecule has 1 aromatic heterocycles. The van der Waals surface area contributed by atoms with Crippen molar-refractivity contribution in [1.82, 2.24) is 4.90 Å². The summed E-state index contributed by atoms with van der Waals surface area (Å²) in [5.74, 6) is 0.195. The van der Waals surface area contributed by atoms with Crippen LogP contribution in [0.15, 0.2) is 17.5 Å². The van der Waals surface area contributed by atoms with Crippen LogP contribution in [-0.4, -0.2) is 29.9 Å². The second-order valence-electron chi connectivity index (χ2n) is 4.07. The Kier molecular flexibility index (Phi) is 4.77. The summed E-state index contributed by atoms with van der Waals surface area (Å²) >= 11 is 1.64. The lowest BCUT2D eigenvalue weighted by atomic mass is 10.1. The first-order valence-corrected chi connectivity index (χ1v) is 6.14. The standard InChI is InChI=1S/C11H16N2OS.ClH/c1-8(10-3-2-6-15-10)11(14)13-5-4-9(12)7-13;/h2-3,6,8-9H,4-5,7,12H2,1H3;1H/t8?,9-;/m1./s1. The van der Waals surface area contributed by atoms with Gasteiger partial charge in [0.15, 0.2) is 0 Å². The third-order valence-corrected chi connectivity index (χ3v) is 3.93. The number of hydrogen-bond donors (Lipinski definition) is 1. The highest BCUT2D eigenvalue weighted by Gasteiger charge is 2.27. The van der Waals surface area contributed by atoms with Crippen LogP contribution in [0.3, 0.4) is 0 Å². The van der Waals surface area contributed by atoms with Gasteiger partial charge in [0, 0.05) is 24.0 Å². The highest BCUT2D eigenvalue weighted by molar-refractivity contribution is 7.10. The van der Waals surface area contributed by atoms with E-state index in [-0.39, 0.29) is 30.3 Å². The first kappa shape index (κ1) is 13.5. The fourth-order valence-electron chi connectivity index (χ4n) is 1.92. The molecule has 1 amide bonds. The molecule has 0 aliphatic carbocycles. The van der Waals surface area contributed by atoms with E-state index in [1.165, 1.54) is 0 Å². The van der Waals surface area contributed by atoms with Gasteiger partial charge in [-0.2, -0.15) is 0 Å². The molecule has 0 saturated carbocycles. The molecule has 1 saturated heterocycles. The molecule has 2 rings (SSSR count). The maximum Gasteiger partial charge on any atom is 0.230 e. The Morgan fingerprint density at radius 2 is 2.44 bits per heavy atom. The Bertz CT molecular complexity index is 342. The van der Waals surface area contributed by atoms with E-state index < -0.39 is 0 Å². The van der Waals surface area contributed by atoms with Crippen LogP contribution in [0.4, 0.5) is 0 Å². The fraction of sp³-hybridized carbons (Fsp3) is 0.545. The number of carbonyl (C=O) groups excluding carboxylic acids is 1. The number of nitrogens with two attached hydrogens (primary N) is 1. The van der Waals surface area contributed by atoms with Gasteiger partial charge in [-0.3, -0.25) is 4.79 Å². The summed E-state index contributed by atoms with van der Waals surface area (Å²) in [6.45, 7) is 3.50. The second-order valence-corrected chi connectivity index (χ2v) is 5.05. The fourth-order valence-corrected chi connectivity index (χ4v) is 2.70. The minimum atomic E-state index is -0.0182. The molecule has 2 atom stereocenters. The Labute approximate surface area is 106 Å². The number of carbonyl (C=O) groups is 1. The largest absolute Gasteiger partial charge is 0.341 e. The van der Waals surface area contributed by atoms with E-state index in [4.69, 9.17) is 5.73 Å². The summed E-state index contributed by atoms with van der Waals surface area (Å²) < 4.78 is 0. The maximum absolute atomic E-state index is 12.1. The van der Waals surface area contributed by atoms with Crippen molar-refractivity contribution >= 4 is 29.7 Å². The zero-order chi connectivity index (χ0) is 10.8. The Morgan fingerprint density at radius 1 is 1.69 bits per heavy atom. The van der Waals surface area contributed by atoms with Gasteiger partial charge in [-0.25, -0.2) is 0 Å². The summed E-state index contributed by atoms with van der Waals surface area (Å²) in [5.41, 5.74) is 5.79. The summed E-state index contributed by atoms with van der Waals surface area (Å²) in [5, 5.41) is 2.01. The van der Waals surface area contributed by atoms with Crippen molar-refractivity contribution in [3.05, 3.63) is 22.4 Å². The molecule has 1 aliphatic rings. The smallest absolute Gasteiger partial charge is 0.230 e. The van der Waals surface area contributed by atoms with Gasteiger partial charge in [0.05, 0.1) is 5.92 Å². The number of likely N-dealkylation sites (tertiary alicyclic amines) is 1. The van der Waals surface area contributed by atoms with Crippen molar-refractivity contribution in [1.29, 1.82) is 0 Å². The van der Waals surface area contributed by atoms with Crippen LogP contribution in [0.5, 0.6) is 0 Å². The molecule has 1 fully saturated rings. The van der Waals surface area contributed by atoms with E-state index in [0.29, 0.717) is 6.54 Å². The number of hydrogen-bond acceptors (Lipinski definition) is 3. The molecule has 2 N–H and O–H groups in total. The van der Waals surface area contributed by atoms with Crippen molar-refractivity contribution in [3.8, 4) is 0 Å². The average molecular weight is 261 g/mol. The Morgan fingerprint density at radius 3 is 2.94 bits per heavy atom. The third kappa shape index (κ3) is 2.75. The van der Waals surface area contributed by atoms with Crippen LogP contribution in [-0.2, 0) is 4.79 Å². The first-order chi connectivity index (χ1) is 7.18. The molecule has 5 heteroatoms. The molecule has 16 heavy (non-hydrogen) atoms. The van der Waals surface area contributed by atoms with Gasteiger partial charge in [0.25, 0.3) is 0 Å². The molecule has 1 aliphatic heterocycles. The van der Waals surface area contributed by atoms with Crippen LogP contribution in [0, 0.1) is 0 Å². The number of amides is 1. The van der Waals surface area contributed by atoms with E-state index in [2.05, 4.69) is 0 Å². The van der Waals surface area contributed by atoms with Gasteiger partial charge >= 0.3 is 0 Å². The molecular formula is C11H17ClN2OS. The van der Waals surface area contributed by atoms with Crippen LogP contribution in [0.2, 0.25) is 0 Å². The van der Waals surface area contributed by atoms with Crippen molar-refractivity contribution in [2.75, 3.05) is 13.1 Å². The van der Waals surface area contributed by atoms with Gasteiger partial charge in [-0.05, 0) is 24.8 Å². The first-order valence-electron chi connectivity index (χ1n) is 5.26. The zero-order valence-electron chi connectivity index (χ0n) is 9.26. The summed E-state index contributed by atoms with van der Waals surface area (Å²) in [6, 6.07) is 4.17. The zero-order valence-corrected chi connectivity index (χ0v) is 10.9. The normalized spacial score (nSPS) is 21.6. The van der Waals surface area contributed by atoms with Crippen molar-refractivity contribution in [3.63, 3.8) is 0 Å². The van der Waals surface area contributed by atoms with Gasteiger partial charge in [0.1, 0.15) is 0 Å². The quantitative estimate of drug-likeness (QED) is 0.882. The predicted octanol–water partition coefficient (Wildman–Crippen LogP) is 1.83. The molecule has 1 aromatic rings. The molecule has 3 nitrogen and oxygen atoms in total. The maximum atomic E-state index is 12.1. The molecule has 0 bridgehead atoms. The summed E-state index contributed by atoms with van der Waals surface area (Å²) in [6.07, 6.45) is 0.933. The lowest BCUT2D eigenvalue weighted by Gasteiger charge is -2.19. The number of nitrogens with zero attached hydrogens (tertiary/aromatic N) is 1. The summed E-state index contributed by atoms with van der Waals surface area (Å²) in [4.78, 5) is 15.1. The van der Waals surface area contributed by atoms with Crippen LogP contribution in [0.25, 0.3) is 0 Å². The van der Waals surface area contributed by atoms with Gasteiger partial charge < -0.3 is 10.6 Å². The minimum absolute atomic E-state index is 0. The van der Waals surface area contributed by atoms with Gasteiger partial charge in [-0.15, -0.1) is 23.7 Å². The molecule has 90 valence electrons. The average Bonchev–Trinajstić information content (AvgIpc) is 2.85. The van der Waals surface area contributed by atoms with Crippen LogP contribution < -0.4 is 5.73 Å². The highest BCUT2D eigenvalue weighted by atomic mass is 35.5. The Balaban J connectivity index is 0.00000128. The number of halogens is 1. The van der Waals surface area contributed by atoms with Crippen LogP contribution >= 0.6 is 23.7 Å². The van der Waals surface area contributed by atoms with Crippen molar-refractivity contribution in [2.45, 2.75) is 25.3 Å². The highest BCUT2D eigenvalue weighted by Crippen LogP contribution is 2.24. The minimum Gasteiger partial charge on any atom is -0.341 e. The van der Waals surface area contributed by atoms with E-state index >= 15 is 0 Å². The molecule has 0 spiro atoms. The monoisotopic (exact) mass is 260 g/mol. The third-order valence-electron chi connectivity index (χ3n) is 2.88. The number of thiophene rings is 1. The SMILES string of the molecule is CC(C(=O)N1CC[C@@H](N)C1)c1cccs1.Cl. The van der Waals surface area contributed by atoms with Crippen molar-refractivity contribution < 1.29 is 4.79 Å². The van der Waals surface area contributed by atoms with Gasteiger partial charge in [-0.1, -0.05) is 6.07 Å². The molecular weight excluding hydrogens is 244 g/mol. The molecule has 2 heterocycles. The lowest BCUT2D eigenvalue weighted by Crippen LogP contribution is -2.34. The van der Waals surface area contributed by atoms with Crippen molar-refractivity contribution in [2.24, 2.45) is 5.73 Å². The molecule has 1 unspecified atom stereocenters. The predicted molar refractivity (Wildman–Crippen MR) is 69.2 cm³/mol. The molecule has 0 radical (unpaired) electrons. The Hall–Kier alpha value is -0.580. The van der Waals surface area contributed by atoms with Crippen LogP contribution in [0.1, 0.15) is 24.1 Å². The van der Waals surface area contributed by atoms with E-state index in [1.54, 1.807) is 11.3 Å². The van der Waals surface area contributed by atoms with E-state index in [1.807, 2.05) is 29.3 Å². The molecule has 0 aromatic carbocycles. The lowest BCUT2D eigenvalue weighted by molar-refractivity contribution is -0.131. The topological polar surface area (TPSA) is 46.3 Å². The summed E-state index contributed by atoms with van der Waals surface area (Å²) in [7, 11) is 0. The van der Waals surface area contributed by atoms with E-state index in [0.717, 1.165) is 17.8 Å². The number of rotatable bonds is 2. The van der Waals surface area contributed by atoms with Gasteiger partial charge in [0.2, 0.25) is 5.91 Å². The van der Waals surface area contributed by atoms with E-state index in [9.17, 15) is 4.79 Å².